The zero-order chi connectivity index (χ0) is 42.9. The molecule has 0 heterocycles. The standard InChI is InChI=1S/C34H28N6O14S4.Na/c1-15-7-17(3-5-25(15)37-39-31-27(57(49,50)51)11-19-9-21(55(43,44)45)13-23(35)29(19)33(31)41)18-4-6-26(16(2)8-18)38-40-32-28(58(52,53)54)12-20-10-22(56(46,47)48)14-24(36)30(20)34(32)42;/h3-14,41-42H,35-36H2,1-2H3,(H,43,44,45)(H,46,47,48)(H,49,50,51)(H,52,53,54);/q;+1. The number of rotatable bonds is 9. The van der Waals surface area contributed by atoms with Crippen LogP contribution in [0, 0.1) is 13.8 Å². The normalized spacial score (nSPS) is 12.8. The zero-order valence-electron chi connectivity index (χ0n) is 30.5. The maximum Gasteiger partial charge on any atom is 1.00 e. The Labute approximate surface area is 357 Å². The average molecular weight is 896 g/mol. The first-order valence-electron chi connectivity index (χ1n) is 15.9. The average Bonchev–Trinajstić information content (AvgIpc) is 3.09. The van der Waals surface area contributed by atoms with Gasteiger partial charge in [0, 0.05) is 22.1 Å². The van der Waals surface area contributed by atoms with E-state index in [2.05, 4.69) is 20.5 Å². The third-order valence-electron chi connectivity index (χ3n) is 8.70. The van der Waals surface area contributed by atoms with Gasteiger partial charge in [-0.25, -0.2) is 0 Å². The van der Waals surface area contributed by atoms with E-state index in [4.69, 9.17) is 11.5 Å². The van der Waals surface area contributed by atoms with Gasteiger partial charge in [-0.3, -0.25) is 18.2 Å². The number of nitrogens with two attached hydrogens (primary N) is 2. The van der Waals surface area contributed by atoms with Crippen LogP contribution in [-0.4, -0.2) is 62.1 Å². The number of phenols is 2. The molecular weight excluding hydrogens is 868 g/mol. The molecule has 0 spiro atoms. The van der Waals surface area contributed by atoms with Crippen molar-refractivity contribution in [2.75, 3.05) is 11.5 Å². The summed E-state index contributed by atoms with van der Waals surface area (Å²) >= 11 is 0. The SMILES string of the molecule is Cc1cc(-c2ccc(N=Nc3c(S(=O)(=O)O)cc4cc(S(=O)(=O)O)cc(N)c4c3O)c(C)c2)ccc1N=Nc1c(S(=O)(=O)O)cc2cc(S(=O)(=O)O)cc(N)c2c1O.[Na+]. The van der Waals surface area contributed by atoms with Crippen LogP contribution in [0.4, 0.5) is 34.1 Å². The molecule has 0 aliphatic carbocycles. The summed E-state index contributed by atoms with van der Waals surface area (Å²) in [7, 11) is -19.7. The molecule has 0 radical (unpaired) electrons. The maximum atomic E-state index is 12.3. The number of phenolic OH excluding ortho intramolecular Hbond substituents is 2. The number of azo groups is 2. The van der Waals surface area contributed by atoms with Crippen molar-refractivity contribution in [3.63, 3.8) is 0 Å². The largest absolute Gasteiger partial charge is 1.00 e. The molecule has 302 valence electrons. The Morgan fingerprint density at radius 2 is 0.814 bits per heavy atom. The molecule has 6 aromatic rings. The molecule has 0 atom stereocenters. The van der Waals surface area contributed by atoms with Gasteiger partial charge >= 0.3 is 29.6 Å². The summed E-state index contributed by atoms with van der Waals surface area (Å²) in [4.78, 5) is -3.25. The van der Waals surface area contributed by atoms with E-state index in [9.17, 15) is 62.1 Å². The van der Waals surface area contributed by atoms with Crippen LogP contribution in [-0.2, 0) is 40.5 Å². The quantitative estimate of drug-likeness (QED) is 0.0444. The van der Waals surface area contributed by atoms with Crippen LogP contribution in [0.1, 0.15) is 11.1 Å². The Kier molecular flexibility index (Phi) is 12.1. The van der Waals surface area contributed by atoms with Gasteiger partial charge in [-0.05, 0) is 108 Å². The van der Waals surface area contributed by atoms with Gasteiger partial charge in [-0.15, -0.1) is 10.2 Å². The van der Waals surface area contributed by atoms with E-state index in [-0.39, 0.29) is 73.9 Å². The van der Waals surface area contributed by atoms with Crippen LogP contribution in [0.5, 0.6) is 11.5 Å². The van der Waals surface area contributed by atoms with Crippen molar-refractivity contribution in [2.24, 2.45) is 20.5 Å². The van der Waals surface area contributed by atoms with Crippen molar-refractivity contribution in [2.45, 2.75) is 33.4 Å². The summed E-state index contributed by atoms with van der Waals surface area (Å²) in [6.07, 6.45) is 0. The van der Waals surface area contributed by atoms with Crippen molar-refractivity contribution >= 4 is 96.1 Å². The minimum atomic E-state index is -5.08. The van der Waals surface area contributed by atoms with E-state index >= 15 is 0 Å². The fourth-order valence-electron chi connectivity index (χ4n) is 5.97. The monoisotopic (exact) mass is 895 g/mol. The van der Waals surface area contributed by atoms with Gasteiger partial charge in [0.15, 0.2) is 11.5 Å². The van der Waals surface area contributed by atoms with Gasteiger partial charge in [-0.1, -0.05) is 12.1 Å². The molecule has 6 rings (SSSR count). The summed E-state index contributed by atoms with van der Waals surface area (Å²) in [6, 6.07) is 14.6. The van der Waals surface area contributed by atoms with Crippen molar-refractivity contribution in [3.05, 3.63) is 83.9 Å². The minimum absolute atomic E-state index is 0. The van der Waals surface area contributed by atoms with Crippen molar-refractivity contribution in [3.8, 4) is 22.6 Å². The predicted octanol–water partition coefficient (Wildman–Crippen LogP) is 3.67. The zero-order valence-corrected chi connectivity index (χ0v) is 35.7. The van der Waals surface area contributed by atoms with E-state index in [0.29, 0.717) is 22.3 Å². The molecule has 6 aromatic carbocycles. The minimum Gasteiger partial charge on any atom is -0.505 e. The molecule has 0 saturated carbocycles. The van der Waals surface area contributed by atoms with Crippen LogP contribution in [0.3, 0.4) is 0 Å². The molecule has 25 heteroatoms. The molecule has 0 saturated heterocycles. The van der Waals surface area contributed by atoms with Crippen molar-refractivity contribution in [1.82, 2.24) is 0 Å². The Bertz CT molecular complexity index is 3090. The fourth-order valence-corrected chi connectivity index (χ4v) is 8.39. The number of hydrogen-bond donors (Lipinski definition) is 8. The number of aromatic hydroxyl groups is 2. The molecule has 0 fully saturated rings. The van der Waals surface area contributed by atoms with Crippen LogP contribution in [0.15, 0.2) is 113 Å². The summed E-state index contributed by atoms with van der Waals surface area (Å²) in [6.45, 7) is 3.29. The summed E-state index contributed by atoms with van der Waals surface area (Å²) in [5, 5.41) is 36.9. The van der Waals surface area contributed by atoms with Gasteiger partial charge in [-0.2, -0.15) is 43.9 Å². The van der Waals surface area contributed by atoms with Crippen LogP contribution in [0.25, 0.3) is 32.7 Å². The second-order valence-corrected chi connectivity index (χ2v) is 18.3. The second kappa shape index (κ2) is 15.8. The molecule has 0 aromatic heterocycles. The molecular formula is C34H28N6NaO14S4+. The number of hydrogen-bond acceptors (Lipinski definition) is 16. The van der Waals surface area contributed by atoms with E-state index in [0.717, 1.165) is 36.4 Å². The Hall–Kier alpha value is -5.12. The number of nitrogens with zero attached hydrogens (tertiary/aromatic N) is 4. The second-order valence-electron chi connectivity index (χ2n) is 12.7. The van der Waals surface area contributed by atoms with E-state index in [1.165, 1.54) is 12.1 Å². The molecule has 59 heavy (non-hydrogen) atoms. The molecule has 0 amide bonds. The fraction of sp³-hybridized carbons (Fsp3) is 0.0588. The molecule has 0 aliphatic rings. The molecule has 10 N–H and O–H groups in total. The van der Waals surface area contributed by atoms with E-state index in [1.54, 1.807) is 38.1 Å². The number of aryl methyl sites for hydroxylation is 2. The van der Waals surface area contributed by atoms with Gasteiger partial charge in [0.1, 0.15) is 21.2 Å². The summed E-state index contributed by atoms with van der Waals surface area (Å²) in [5.41, 5.74) is 12.4. The molecule has 0 unspecified atom stereocenters. The number of fused-ring (bicyclic) bond motifs is 2. The number of nitrogen functional groups attached to an aromatic ring is 2. The number of anilines is 2. The summed E-state index contributed by atoms with van der Waals surface area (Å²) < 4.78 is 134. The molecule has 0 bridgehead atoms. The first-order chi connectivity index (χ1) is 26.8. The topological polar surface area (TPSA) is 359 Å². The van der Waals surface area contributed by atoms with E-state index in [1.807, 2.05) is 0 Å². The third-order valence-corrected chi connectivity index (χ3v) is 12.1. The predicted molar refractivity (Wildman–Crippen MR) is 209 cm³/mol. The Balaban J connectivity index is 0.00000661. The van der Waals surface area contributed by atoms with Gasteiger partial charge < -0.3 is 21.7 Å². The first kappa shape index (κ1) is 45.0. The van der Waals surface area contributed by atoms with Gasteiger partial charge in [0.05, 0.1) is 21.2 Å². The third kappa shape index (κ3) is 9.07. The molecule has 0 aliphatic heterocycles. The smallest absolute Gasteiger partial charge is 0.505 e. The van der Waals surface area contributed by atoms with Gasteiger partial charge in [0.2, 0.25) is 0 Å². The van der Waals surface area contributed by atoms with Crippen molar-refractivity contribution < 1.29 is 91.7 Å². The summed E-state index contributed by atoms with van der Waals surface area (Å²) in [5.74, 6) is -1.70. The van der Waals surface area contributed by atoms with Crippen LogP contribution >= 0.6 is 0 Å². The van der Waals surface area contributed by atoms with E-state index < -0.39 is 82.9 Å². The molecule has 20 nitrogen and oxygen atoms in total. The van der Waals surface area contributed by atoms with Crippen molar-refractivity contribution in [1.29, 1.82) is 0 Å². The van der Waals surface area contributed by atoms with Crippen LogP contribution < -0.4 is 41.0 Å². The van der Waals surface area contributed by atoms with Gasteiger partial charge in [0.25, 0.3) is 40.5 Å². The Morgan fingerprint density at radius 1 is 0.475 bits per heavy atom. The number of benzene rings is 6. The Morgan fingerprint density at radius 3 is 1.10 bits per heavy atom. The maximum absolute atomic E-state index is 12.3. The first-order valence-corrected chi connectivity index (χ1v) is 21.6. The van der Waals surface area contributed by atoms with Crippen LogP contribution in [0.2, 0.25) is 0 Å².